The fourth-order valence-corrected chi connectivity index (χ4v) is 4.71. The van der Waals surface area contributed by atoms with Crippen LogP contribution in [0.5, 0.6) is 11.6 Å². The molecule has 10 nitrogen and oxygen atoms in total. The summed E-state index contributed by atoms with van der Waals surface area (Å²) in [6.07, 6.45) is 4.60. The lowest BCUT2D eigenvalue weighted by atomic mass is 9.76. The largest absolute Gasteiger partial charge is 0.475 e. The summed E-state index contributed by atoms with van der Waals surface area (Å²) in [4.78, 5) is 21.1. The maximum Gasteiger partial charge on any atom is 0.475 e. The number of carbonyl (C=O) groups is 1. The van der Waals surface area contributed by atoms with Crippen LogP contribution in [0.3, 0.4) is 0 Å². The molecule has 0 radical (unpaired) electrons. The maximum atomic E-state index is 13.1. The quantitative estimate of drug-likeness (QED) is 0.268. The first-order valence-electron chi connectivity index (χ1n) is 11.6. The topological polar surface area (TPSA) is 151 Å². The average molecular weight is 510 g/mol. The number of nitrogens with zero attached hydrogens (tertiary/aromatic N) is 2. The monoisotopic (exact) mass is 510 g/mol. The molecule has 4 N–H and O–H groups in total. The van der Waals surface area contributed by atoms with Crippen LogP contribution in [0.1, 0.15) is 24.8 Å². The van der Waals surface area contributed by atoms with Crippen molar-refractivity contribution in [3.05, 3.63) is 78.6 Å². The van der Waals surface area contributed by atoms with Crippen molar-refractivity contribution in [3.8, 4) is 11.6 Å². The van der Waals surface area contributed by atoms with E-state index >= 15 is 0 Å². The van der Waals surface area contributed by atoms with Gasteiger partial charge in [0.2, 0.25) is 11.8 Å². The predicted molar refractivity (Wildman–Crippen MR) is 132 cm³/mol. The Morgan fingerprint density at radius 2 is 1.69 bits per heavy atom. The Labute approximate surface area is 210 Å². The molecule has 1 fully saturated rings. The zero-order valence-electron chi connectivity index (χ0n) is 19.4. The second kappa shape index (κ2) is 11.6. The van der Waals surface area contributed by atoms with E-state index in [1.54, 1.807) is 48.5 Å². The molecule has 0 aliphatic heterocycles. The minimum atomic E-state index is -4.25. The summed E-state index contributed by atoms with van der Waals surface area (Å²) >= 11 is 0. The van der Waals surface area contributed by atoms with Crippen LogP contribution < -0.4 is 14.8 Å². The van der Waals surface area contributed by atoms with Crippen LogP contribution >= 0.6 is 0 Å². The van der Waals surface area contributed by atoms with Crippen LogP contribution in [0.25, 0.3) is 0 Å². The Bertz CT molecular complexity index is 1240. The zero-order chi connectivity index (χ0) is 25.5. The van der Waals surface area contributed by atoms with Gasteiger partial charge in [0, 0.05) is 0 Å². The van der Waals surface area contributed by atoms with Crippen LogP contribution in [0.4, 0.5) is 0 Å². The molecule has 1 aromatic heterocycles. The molecule has 3 aromatic rings. The molecule has 1 aliphatic rings. The first-order chi connectivity index (χ1) is 17.3. The fraction of sp³-hybridized carbons (Fsp3) is 0.292. The van der Waals surface area contributed by atoms with Crippen molar-refractivity contribution >= 4 is 23.0 Å². The lowest BCUT2D eigenvalue weighted by Gasteiger charge is -2.23. The van der Waals surface area contributed by atoms with Crippen molar-refractivity contribution in [1.82, 2.24) is 20.0 Å². The number of amides is 1. The van der Waals surface area contributed by atoms with Crippen LogP contribution in [0, 0.1) is 5.92 Å². The number of ether oxygens (including phenoxy) is 1. The van der Waals surface area contributed by atoms with Crippen LogP contribution in [0.15, 0.2) is 78.1 Å². The van der Waals surface area contributed by atoms with Gasteiger partial charge < -0.3 is 20.1 Å². The summed E-state index contributed by atoms with van der Waals surface area (Å²) in [5, 5.41) is 21.7. The average Bonchev–Trinajstić information content (AvgIpc) is 3.69. The van der Waals surface area contributed by atoms with E-state index in [2.05, 4.69) is 20.0 Å². The summed E-state index contributed by atoms with van der Waals surface area (Å²) in [7, 11) is -6.00. The molecule has 2 atom stereocenters. The second-order valence-electron chi connectivity index (χ2n) is 8.68. The molecule has 1 aliphatic carbocycles. The van der Waals surface area contributed by atoms with Crippen molar-refractivity contribution < 1.29 is 28.0 Å². The number of nitrogens with one attached hydrogen (secondary N) is 2. The van der Waals surface area contributed by atoms with Gasteiger partial charge in [0.1, 0.15) is 11.8 Å². The van der Waals surface area contributed by atoms with E-state index in [0.29, 0.717) is 18.1 Å². The second-order valence-corrected chi connectivity index (χ2v) is 10.3. The van der Waals surface area contributed by atoms with Gasteiger partial charge in [0.15, 0.2) is 5.03 Å². The summed E-state index contributed by atoms with van der Waals surface area (Å²) in [5.74, 6) is -0.626. The van der Waals surface area contributed by atoms with E-state index in [4.69, 9.17) is 4.74 Å². The van der Waals surface area contributed by atoms with Crippen LogP contribution in [-0.2, 0) is 21.2 Å². The normalized spacial score (nSPS) is 15.1. The predicted octanol–water partition coefficient (Wildman–Crippen LogP) is 1.46. The molecule has 188 valence electrons. The molecule has 0 unspecified atom stereocenters. The van der Waals surface area contributed by atoms with Crippen LogP contribution in [-0.4, -0.2) is 53.4 Å². The lowest BCUT2D eigenvalue weighted by Crippen LogP contribution is -2.54. The minimum Gasteiger partial charge on any atom is -0.438 e. The molecule has 4 rings (SSSR count). The van der Waals surface area contributed by atoms with Crippen molar-refractivity contribution in [2.45, 2.75) is 42.7 Å². The molecule has 0 saturated heterocycles. The van der Waals surface area contributed by atoms with Crippen molar-refractivity contribution in [2.24, 2.45) is 5.92 Å². The Balaban J connectivity index is 1.50. The number of benzene rings is 2. The summed E-state index contributed by atoms with van der Waals surface area (Å²) in [6.45, 7) is 0. The van der Waals surface area contributed by atoms with Gasteiger partial charge in [-0.1, -0.05) is 61.4 Å². The van der Waals surface area contributed by atoms with E-state index in [9.17, 15) is 23.3 Å². The minimum absolute atomic E-state index is 0.0478. The highest BCUT2D eigenvalue weighted by Gasteiger charge is 2.35. The molecular formula is C24H27BN4O6S. The highest BCUT2D eigenvalue weighted by molar-refractivity contribution is 7.89. The number of carbonyl (C=O) groups excluding carboxylic acids is 1. The fourth-order valence-electron chi connectivity index (χ4n) is 3.64. The van der Waals surface area contributed by atoms with Gasteiger partial charge in [0.25, 0.3) is 10.0 Å². The van der Waals surface area contributed by atoms with E-state index in [1.165, 1.54) is 6.20 Å². The highest BCUT2D eigenvalue weighted by atomic mass is 32.2. The van der Waals surface area contributed by atoms with E-state index in [0.717, 1.165) is 24.6 Å². The third kappa shape index (κ3) is 7.34. The van der Waals surface area contributed by atoms with E-state index in [-0.39, 0.29) is 17.3 Å². The third-order valence-corrected chi connectivity index (χ3v) is 7.07. The van der Waals surface area contributed by atoms with Gasteiger partial charge in [-0.25, -0.2) is 18.4 Å². The number of sulfonamides is 1. The van der Waals surface area contributed by atoms with Gasteiger partial charge in [-0.05, 0) is 36.5 Å². The van der Waals surface area contributed by atoms with E-state index < -0.39 is 35.0 Å². The maximum absolute atomic E-state index is 13.1. The summed E-state index contributed by atoms with van der Waals surface area (Å²) < 4.78 is 34.1. The van der Waals surface area contributed by atoms with Crippen LogP contribution in [0.2, 0.25) is 0 Å². The standard InChI is InChI=1S/C24H27BN4O6S/c30-24(28-21(25(31)32)14-18-11-12-18)20(13-17-7-3-1-4-8-17)29-36(33,34)23-16-26-22(15-27-23)35-19-9-5-2-6-10-19/h1-10,15-16,18,20-21,29,31-32H,11-14H2,(H,28,30)/t20-,21-/m0/s1. The first kappa shape index (κ1) is 25.8. The Hall–Kier alpha value is -3.32. The molecule has 12 heteroatoms. The molecule has 1 saturated carbocycles. The van der Waals surface area contributed by atoms with E-state index in [1.807, 2.05) is 12.1 Å². The molecule has 1 amide bonds. The summed E-state index contributed by atoms with van der Waals surface area (Å²) in [6, 6.07) is 16.5. The summed E-state index contributed by atoms with van der Waals surface area (Å²) in [5.41, 5.74) is 0.723. The Morgan fingerprint density at radius 3 is 2.28 bits per heavy atom. The SMILES string of the molecule is O=C(N[C@@H](CC1CC1)B(O)O)[C@H](Cc1ccccc1)NS(=O)(=O)c1cnc(Oc2ccccc2)cn1. The zero-order valence-corrected chi connectivity index (χ0v) is 20.2. The van der Waals surface area contributed by atoms with Gasteiger partial charge in [-0.3, -0.25) is 4.79 Å². The molecule has 1 heterocycles. The molecule has 0 spiro atoms. The number of hydrogen-bond acceptors (Lipinski definition) is 8. The van der Waals surface area contributed by atoms with Gasteiger partial charge in [0.05, 0.1) is 18.3 Å². The Kier molecular flexibility index (Phi) is 8.31. The number of aromatic nitrogens is 2. The number of hydrogen-bond donors (Lipinski definition) is 4. The van der Waals surface area contributed by atoms with Gasteiger partial charge in [-0.15, -0.1) is 0 Å². The molecular weight excluding hydrogens is 483 g/mol. The molecule has 0 bridgehead atoms. The highest BCUT2D eigenvalue weighted by Crippen LogP contribution is 2.33. The third-order valence-electron chi connectivity index (χ3n) is 5.71. The lowest BCUT2D eigenvalue weighted by molar-refractivity contribution is -0.123. The number of rotatable bonds is 12. The molecule has 36 heavy (non-hydrogen) atoms. The first-order valence-corrected chi connectivity index (χ1v) is 13.1. The Morgan fingerprint density at radius 1 is 1.03 bits per heavy atom. The smallest absolute Gasteiger partial charge is 0.438 e. The van der Waals surface area contributed by atoms with Gasteiger partial charge >= 0.3 is 7.12 Å². The molecule has 2 aromatic carbocycles. The van der Waals surface area contributed by atoms with Crippen molar-refractivity contribution in [3.63, 3.8) is 0 Å². The van der Waals surface area contributed by atoms with Crippen molar-refractivity contribution in [1.29, 1.82) is 0 Å². The number of para-hydroxylation sites is 1. The van der Waals surface area contributed by atoms with Gasteiger partial charge in [-0.2, -0.15) is 4.72 Å². The van der Waals surface area contributed by atoms with Crippen molar-refractivity contribution in [2.75, 3.05) is 0 Å².